The molecule has 0 bridgehead atoms. The highest BCUT2D eigenvalue weighted by Gasteiger charge is 2.41. The van der Waals surface area contributed by atoms with Crippen molar-refractivity contribution in [3.05, 3.63) is 65.2 Å². The molecule has 1 unspecified atom stereocenters. The molecule has 0 saturated heterocycles. The van der Waals surface area contributed by atoms with Crippen LogP contribution in [0.3, 0.4) is 0 Å². The molecule has 1 N–H and O–H groups in total. The van der Waals surface area contributed by atoms with Gasteiger partial charge in [-0.25, -0.2) is 12.7 Å². The number of rotatable bonds is 8. The minimum atomic E-state index is -4.00. The largest absolute Gasteiger partial charge is 0.352 e. The molecule has 9 heteroatoms. The first kappa shape index (κ1) is 25.9. The van der Waals surface area contributed by atoms with Crippen LogP contribution in [-0.4, -0.2) is 54.0 Å². The van der Waals surface area contributed by atoms with E-state index in [0.29, 0.717) is 0 Å². The van der Waals surface area contributed by atoms with E-state index < -0.39 is 22.0 Å². The number of nitrogens with one attached hydrogen (secondary N) is 1. The maximum Gasteiger partial charge on any atom is 0.269 e. The SMILES string of the molecule is Cc1ccccc1CN(C(=O)CCN1C(=O)c2ccccc2S1(=O)=O)C(C)C(=O)NC1CCCCC1. The van der Waals surface area contributed by atoms with Gasteiger partial charge in [0.2, 0.25) is 11.8 Å². The lowest BCUT2D eigenvalue weighted by Crippen LogP contribution is -2.51. The molecule has 1 fully saturated rings. The Kier molecular flexibility index (Phi) is 7.78. The smallest absolute Gasteiger partial charge is 0.269 e. The normalized spacial score (nSPS) is 17.9. The molecule has 3 amide bonds. The number of sulfonamides is 1. The number of aryl methyl sites for hydroxylation is 1. The molecule has 1 heterocycles. The van der Waals surface area contributed by atoms with Crippen LogP contribution in [0, 0.1) is 6.92 Å². The van der Waals surface area contributed by atoms with E-state index in [9.17, 15) is 22.8 Å². The average molecular weight is 512 g/mol. The minimum Gasteiger partial charge on any atom is -0.352 e. The maximum atomic E-state index is 13.5. The lowest BCUT2D eigenvalue weighted by atomic mass is 9.95. The molecule has 0 radical (unpaired) electrons. The van der Waals surface area contributed by atoms with Crippen molar-refractivity contribution in [3.63, 3.8) is 0 Å². The third kappa shape index (κ3) is 5.31. The number of fused-ring (bicyclic) bond motifs is 1. The summed E-state index contributed by atoms with van der Waals surface area (Å²) in [6.07, 6.45) is 4.96. The summed E-state index contributed by atoms with van der Waals surface area (Å²) in [6.45, 7) is 3.57. The first-order valence-electron chi connectivity index (χ1n) is 12.5. The van der Waals surface area contributed by atoms with E-state index in [-0.39, 0.29) is 47.8 Å². The Labute approximate surface area is 212 Å². The van der Waals surface area contributed by atoms with E-state index in [1.807, 2.05) is 31.2 Å². The third-order valence-corrected chi connectivity index (χ3v) is 9.00. The van der Waals surface area contributed by atoms with Crippen molar-refractivity contribution < 1.29 is 22.8 Å². The van der Waals surface area contributed by atoms with Gasteiger partial charge in [0.25, 0.3) is 15.9 Å². The molecular weight excluding hydrogens is 478 g/mol. The van der Waals surface area contributed by atoms with Gasteiger partial charge in [0.05, 0.1) is 5.56 Å². The van der Waals surface area contributed by atoms with Crippen molar-refractivity contribution in [2.45, 2.75) is 75.9 Å². The summed E-state index contributed by atoms with van der Waals surface area (Å²) < 4.78 is 26.5. The summed E-state index contributed by atoms with van der Waals surface area (Å²) in [4.78, 5) is 40.8. The van der Waals surface area contributed by atoms with Crippen molar-refractivity contribution in [1.29, 1.82) is 0 Å². The van der Waals surface area contributed by atoms with Crippen molar-refractivity contribution in [2.75, 3.05) is 6.54 Å². The molecule has 192 valence electrons. The van der Waals surface area contributed by atoms with Gasteiger partial charge in [0.15, 0.2) is 0 Å². The lowest BCUT2D eigenvalue weighted by Gasteiger charge is -2.32. The van der Waals surface area contributed by atoms with Gasteiger partial charge >= 0.3 is 0 Å². The number of hydrogen-bond acceptors (Lipinski definition) is 5. The molecule has 2 aromatic rings. The van der Waals surface area contributed by atoms with Crippen LogP contribution in [0.2, 0.25) is 0 Å². The fourth-order valence-corrected chi connectivity index (χ4v) is 6.48. The Hall–Kier alpha value is -3.20. The molecule has 1 aliphatic heterocycles. The summed E-state index contributed by atoms with van der Waals surface area (Å²) in [5, 5.41) is 3.09. The predicted octanol–water partition coefficient (Wildman–Crippen LogP) is 3.40. The second kappa shape index (κ2) is 10.8. The van der Waals surface area contributed by atoms with Gasteiger partial charge in [-0.15, -0.1) is 0 Å². The Balaban J connectivity index is 1.51. The number of hydrogen-bond donors (Lipinski definition) is 1. The molecule has 8 nitrogen and oxygen atoms in total. The standard InChI is InChI=1S/C27H33N3O5S/c1-19-10-6-7-11-21(19)18-29(20(2)26(32)28-22-12-4-3-5-13-22)25(31)16-17-30-27(33)23-14-8-9-15-24(23)36(30,34)35/h6-11,14-15,20,22H,3-5,12-13,16-18H2,1-2H3,(H,28,32). The van der Waals surface area contributed by atoms with Crippen LogP contribution in [0.4, 0.5) is 0 Å². The van der Waals surface area contributed by atoms with Crippen LogP contribution in [-0.2, 0) is 26.2 Å². The van der Waals surface area contributed by atoms with E-state index in [1.165, 1.54) is 23.5 Å². The van der Waals surface area contributed by atoms with E-state index >= 15 is 0 Å². The third-order valence-electron chi connectivity index (χ3n) is 7.16. The fraction of sp³-hybridized carbons (Fsp3) is 0.444. The number of carbonyl (C=O) groups excluding carboxylic acids is 3. The first-order valence-corrected chi connectivity index (χ1v) is 13.9. The summed E-state index contributed by atoms with van der Waals surface area (Å²) in [5.41, 5.74) is 2.00. The quantitative estimate of drug-likeness (QED) is 0.585. The van der Waals surface area contributed by atoms with Gasteiger partial charge < -0.3 is 10.2 Å². The molecule has 2 aromatic carbocycles. The van der Waals surface area contributed by atoms with E-state index in [4.69, 9.17) is 0 Å². The average Bonchev–Trinajstić information content (AvgIpc) is 3.07. The topological polar surface area (TPSA) is 104 Å². The van der Waals surface area contributed by atoms with Crippen LogP contribution >= 0.6 is 0 Å². The van der Waals surface area contributed by atoms with Crippen LogP contribution in [0.1, 0.15) is 66.9 Å². The Morgan fingerprint density at radius 3 is 2.42 bits per heavy atom. The minimum absolute atomic E-state index is 0.0422. The summed E-state index contributed by atoms with van der Waals surface area (Å²) in [6, 6.07) is 13.0. The van der Waals surface area contributed by atoms with Crippen LogP contribution in [0.15, 0.2) is 53.4 Å². The second-order valence-corrected chi connectivity index (χ2v) is 11.4. The highest BCUT2D eigenvalue weighted by molar-refractivity contribution is 7.90. The molecule has 0 aromatic heterocycles. The van der Waals surface area contributed by atoms with Crippen LogP contribution in [0.5, 0.6) is 0 Å². The zero-order valence-corrected chi connectivity index (χ0v) is 21.6. The highest BCUT2D eigenvalue weighted by Crippen LogP contribution is 2.30. The zero-order valence-electron chi connectivity index (χ0n) is 20.8. The number of benzene rings is 2. The monoisotopic (exact) mass is 511 g/mol. The molecule has 4 rings (SSSR count). The summed E-state index contributed by atoms with van der Waals surface area (Å²) in [5.74, 6) is -1.24. The van der Waals surface area contributed by atoms with Crippen molar-refractivity contribution in [1.82, 2.24) is 14.5 Å². The van der Waals surface area contributed by atoms with Gasteiger partial charge in [-0.2, -0.15) is 0 Å². The molecule has 2 aliphatic rings. The number of carbonyl (C=O) groups is 3. The molecule has 1 aliphatic carbocycles. The van der Waals surface area contributed by atoms with E-state index in [2.05, 4.69) is 5.32 Å². The lowest BCUT2D eigenvalue weighted by molar-refractivity contribution is -0.141. The second-order valence-electron chi connectivity index (χ2n) is 9.60. The van der Waals surface area contributed by atoms with Crippen molar-refractivity contribution >= 4 is 27.7 Å². The Bertz CT molecular complexity index is 1250. The predicted molar refractivity (Wildman–Crippen MR) is 135 cm³/mol. The zero-order chi connectivity index (χ0) is 25.9. The van der Waals surface area contributed by atoms with Gasteiger partial charge in [-0.05, 0) is 49.9 Å². The van der Waals surface area contributed by atoms with Crippen LogP contribution in [0.25, 0.3) is 0 Å². The maximum absolute atomic E-state index is 13.5. The molecular formula is C27H33N3O5S. The molecule has 36 heavy (non-hydrogen) atoms. The number of amides is 3. The first-order chi connectivity index (χ1) is 17.2. The number of nitrogens with zero attached hydrogens (tertiary/aromatic N) is 2. The van der Waals surface area contributed by atoms with Crippen molar-refractivity contribution in [3.8, 4) is 0 Å². The summed E-state index contributed by atoms with van der Waals surface area (Å²) >= 11 is 0. The van der Waals surface area contributed by atoms with Gasteiger partial charge in [0, 0.05) is 25.6 Å². The Morgan fingerprint density at radius 2 is 1.72 bits per heavy atom. The highest BCUT2D eigenvalue weighted by atomic mass is 32.2. The van der Waals surface area contributed by atoms with E-state index in [1.54, 1.807) is 19.1 Å². The molecule has 1 atom stereocenters. The molecule has 0 spiro atoms. The Morgan fingerprint density at radius 1 is 1.06 bits per heavy atom. The van der Waals surface area contributed by atoms with Gasteiger partial charge in [-0.1, -0.05) is 55.7 Å². The van der Waals surface area contributed by atoms with Gasteiger partial charge in [0.1, 0.15) is 10.9 Å². The fourth-order valence-electron chi connectivity index (χ4n) is 4.92. The summed E-state index contributed by atoms with van der Waals surface area (Å²) in [7, 11) is -4.00. The van der Waals surface area contributed by atoms with Crippen LogP contribution < -0.4 is 5.32 Å². The van der Waals surface area contributed by atoms with Crippen molar-refractivity contribution in [2.24, 2.45) is 0 Å². The molecule has 1 saturated carbocycles. The van der Waals surface area contributed by atoms with E-state index in [0.717, 1.165) is 41.1 Å². The van der Waals surface area contributed by atoms with Gasteiger partial charge in [-0.3, -0.25) is 14.4 Å².